The molecule has 3 aliphatic rings. The maximum absolute atomic E-state index is 7.94. The predicted octanol–water partition coefficient (Wildman–Crippen LogP) is 3.64. The van der Waals surface area contributed by atoms with Gasteiger partial charge in [0.15, 0.2) is 0 Å². The molecule has 0 aliphatic heterocycles. The van der Waals surface area contributed by atoms with E-state index >= 15 is 0 Å². The molecule has 1 heteroatoms. The second-order valence-corrected chi connectivity index (χ2v) is 6.58. The van der Waals surface area contributed by atoms with E-state index in [4.69, 9.17) is 5.41 Å². The van der Waals surface area contributed by atoms with Crippen LogP contribution in [0.2, 0.25) is 0 Å². The molecule has 1 nitrogen and oxygen atoms in total. The molecule has 0 aromatic heterocycles. The van der Waals surface area contributed by atoms with Gasteiger partial charge >= 0.3 is 0 Å². The van der Waals surface area contributed by atoms with Gasteiger partial charge in [-0.05, 0) is 37.9 Å². The summed E-state index contributed by atoms with van der Waals surface area (Å²) in [5.74, 6) is 0.349. The molecule has 0 spiro atoms. The van der Waals surface area contributed by atoms with Crippen molar-refractivity contribution in [3.8, 4) is 0 Å². The highest BCUT2D eigenvalue weighted by molar-refractivity contribution is 5.90. The fourth-order valence-corrected chi connectivity index (χ4v) is 4.02. The molecule has 0 heterocycles. The number of rotatable bonds is 0. The summed E-state index contributed by atoms with van der Waals surface area (Å²) in [6.45, 7) is 0. The molecule has 0 saturated heterocycles. The van der Waals surface area contributed by atoms with Crippen molar-refractivity contribution in [1.82, 2.24) is 0 Å². The molecule has 2 aromatic carbocycles. The summed E-state index contributed by atoms with van der Waals surface area (Å²) < 4.78 is 0. The average Bonchev–Trinajstić information content (AvgIpc) is 2.59. The van der Waals surface area contributed by atoms with Crippen molar-refractivity contribution < 1.29 is 0 Å². The van der Waals surface area contributed by atoms with E-state index in [2.05, 4.69) is 66.8 Å². The van der Waals surface area contributed by atoms with Gasteiger partial charge < -0.3 is 5.41 Å². The number of benzene rings is 2. The van der Waals surface area contributed by atoms with Crippen LogP contribution in [0, 0.1) is 11.3 Å². The van der Waals surface area contributed by atoms with Crippen molar-refractivity contribution >= 4 is 28.6 Å². The molecule has 0 radical (unpaired) electrons. The van der Waals surface area contributed by atoms with E-state index in [0.717, 1.165) is 18.6 Å². The van der Waals surface area contributed by atoms with Crippen LogP contribution >= 0.6 is 0 Å². The Hall–Kier alpha value is -2.67. The molecule has 23 heavy (non-hydrogen) atoms. The molecule has 1 N–H and O–H groups in total. The molecule has 0 bridgehead atoms. The van der Waals surface area contributed by atoms with Crippen molar-refractivity contribution in [3.05, 3.63) is 81.8 Å². The highest BCUT2D eigenvalue weighted by Crippen LogP contribution is 2.38. The predicted molar refractivity (Wildman–Crippen MR) is 96.8 cm³/mol. The van der Waals surface area contributed by atoms with Gasteiger partial charge in [-0.3, -0.25) is 0 Å². The SMILES string of the molecule is N=C1CC=C2C(=CC=C3C=c4ccc5ccccc5c4=CC32)C1. The second-order valence-electron chi connectivity index (χ2n) is 6.58. The monoisotopic (exact) mass is 295 g/mol. The summed E-state index contributed by atoms with van der Waals surface area (Å²) in [5.41, 5.74) is 4.93. The summed E-state index contributed by atoms with van der Waals surface area (Å²) in [6.07, 6.45) is 13.1. The summed E-state index contributed by atoms with van der Waals surface area (Å²) in [5, 5.41) is 13.2. The Morgan fingerprint density at radius 1 is 1.00 bits per heavy atom. The van der Waals surface area contributed by atoms with Gasteiger partial charge in [0.1, 0.15) is 0 Å². The zero-order valence-corrected chi connectivity index (χ0v) is 12.8. The van der Waals surface area contributed by atoms with Crippen molar-refractivity contribution in [2.45, 2.75) is 12.8 Å². The Bertz CT molecular complexity index is 1080. The topological polar surface area (TPSA) is 23.9 Å². The van der Waals surface area contributed by atoms with Crippen molar-refractivity contribution in [2.24, 2.45) is 5.92 Å². The minimum absolute atomic E-state index is 0.349. The maximum atomic E-state index is 7.94. The normalized spacial score (nSPS) is 21.8. The van der Waals surface area contributed by atoms with Gasteiger partial charge in [0, 0.05) is 24.5 Å². The lowest BCUT2D eigenvalue weighted by Crippen LogP contribution is -2.32. The Kier molecular flexibility index (Phi) is 2.60. The smallest absolute Gasteiger partial charge is 0.0278 e. The standard InChI is InChI=1S/C22H17N/c23-18-9-10-20-17(12-18)8-7-16-11-15-6-5-14-3-1-2-4-19(14)21(15)13-22(16)20/h1-8,10-11,13,22-23H,9,12H2. The fraction of sp³-hybridized carbons (Fsp3) is 0.136. The third kappa shape index (κ3) is 1.90. The molecular weight excluding hydrogens is 278 g/mol. The van der Waals surface area contributed by atoms with Crippen LogP contribution in [0.1, 0.15) is 12.8 Å². The van der Waals surface area contributed by atoms with Gasteiger partial charge in [-0.2, -0.15) is 0 Å². The van der Waals surface area contributed by atoms with Gasteiger partial charge in [-0.1, -0.05) is 66.8 Å². The molecule has 1 unspecified atom stereocenters. The minimum atomic E-state index is 0.349. The minimum Gasteiger partial charge on any atom is -0.309 e. The molecule has 2 aromatic rings. The zero-order valence-electron chi connectivity index (χ0n) is 12.8. The first-order chi connectivity index (χ1) is 11.3. The molecule has 0 saturated carbocycles. The highest BCUT2D eigenvalue weighted by Gasteiger charge is 2.26. The van der Waals surface area contributed by atoms with Gasteiger partial charge in [0.05, 0.1) is 0 Å². The van der Waals surface area contributed by atoms with Gasteiger partial charge in [-0.25, -0.2) is 0 Å². The Morgan fingerprint density at radius 2 is 1.91 bits per heavy atom. The summed E-state index contributed by atoms with van der Waals surface area (Å²) in [6, 6.07) is 13.1. The lowest BCUT2D eigenvalue weighted by molar-refractivity contribution is 0.922. The summed E-state index contributed by atoms with van der Waals surface area (Å²) in [4.78, 5) is 0. The van der Waals surface area contributed by atoms with E-state index in [1.54, 1.807) is 0 Å². The van der Waals surface area contributed by atoms with Crippen LogP contribution in [0.25, 0.3) is 22.9 Å². The van der Waals surface area contributed by atoms with E-state index < -0.39 is 0 Å². The van der Waals surface area contributed by atoms with Crippen molar-refractivity contribution in [2.75, 3.05) is 0 Å². The van der Waals surface area contributed by atoms with Crippen molar-refractivity contribution in [1.29, 1.82) is 5.41 Å². The largest absolute Gasteiger partial charge is 0.309 e. The first-order valence-corrected chi connectivity index (χ1v) is 8.18. The van der Waals surface area contributed by atoms with E-state index in [9.17, 15) is 0 Å². The molecule has 3 aliphatic carbocycles. The molecule has 110 valence electrons. The van der Waals surface area contributed by atoms with Crippen LogP contribution < -0.4 is 10.4 Å². The average molecular weight is 295 g/mol. The molecule has 0 amide bonds. The third-order valence-corrected chi connectivity index (χ3v) is 5.17. The zero-order chi connectivity index (χ0) is 15.4. The van der Waals surface area contributed by atoms with Crippen LogP contribution in [0.5, 0.6) is 0 Å². The Morgan fingerprint density at radius 3 is 2.87 bits per heavy atom. The summed E-state index contributed by atoms with van der Waals surface area (Å²) in [7, 11) is 0. The molecular formula is C22H17N. The quantitative estimate of drug-likeness (QED) is 0.767. The first kappa shape index (κ1) is 12.8. The van der Waals surface area contributed by atoms with Crippen LogP contribution in [-0.4, -0.2) is 5.71 Å². The number of nitrogens with one attached hydrogen (secondary N) is 1. The Balaban J connectivity index is 1.80. The molecule has 0 fully saturated rings. The number of hydrogen-bond donors (Lipinski definition) is 1. The van der Waals surface area contributed by atoms with E-state index in [1.807, 2.05) is 0 Å². The van der Waals surface area contributed by atoms with E-state index in [-0.39, 0.29) is 0 Å². The summed E-state index contributed by atoms with van der Waals surface area (Å²) >= 11 is 0. The van der Waals surface area contributed by atoms with Crippen LogP contribution in [0.4, 0.5) is 0 Å². The lowest BCUT2D eigenvalue weighted by Gasteiger charge is -2.29. The van der Waals surface area contributed by atoms with Crippen molar-refractivity contribution in [3.63, 3.8) is 0 Å². The van der Waals surface area contributed by atoms with Gasteiger partial charge in [-0.15, -0.1) is 0 Å². The number of fused-ring (bicyclic) bond motifs is 6. The van der Waals surface area contributed by atoms with E-state index in [0.29, 0.717) is 5.92 Å². The van der Waals surface area contributed by atoms with Crippen LogP contribution in [0.3, 0.4) is 0 Å². The first-order valence-electron chi connectivity index (χ1n) is 8.18. The third-order valence-electron chi connectivity index (χ3n) is 5.17. The van der Waals surface area contributed by atoms with Crippen LogP contribution in [-0.2, 0) is 0 Å². The number of hydrogen-bond acceptors (Lipinski definition) is 1. The molecule has 1 atom stereocenters. The fourth-order valence-electron chi connectivity index (χ4n) is 4.02. The second kappa shape index (κ2) is 4.66. The van der Waals surface area contributed by atoms with Crippen LogP contribution in [0.15, 0.2) is 71.3 Å². The highest BCUT2D eigenvalue weighted by atomic mass is 14.4. The van der Waals surface area contributed by atoms with Gasteiger partial charge in [0.25, 0.3) is 0 Å². The van der Waals surface area contributed by atoms with E-state index in [1.165, 1.54) is 37.9 Å². The maximum Gasteiger partial charge on any atom is 0.0278 e. The Labute approximate surface area is 135 Å². The van der Waals surface area contributed by atoms with Gasteiger partial charge in [0.2, 0.25) is 0 Å². The lowest BCUT2D eigenvalue weighted by atomic mass is 9.75. The molecule has 5 rings (SSSR count). The number of allylic oxidation sites excluding steroid dienone is 6.